The second-order valence-electron chi connectivity index (χ2n) is 4.60. The number of benzene rings is 1. The van der Waals surface area contributed by atoms with Crippen LogP contribution in [0.3, 0.4) is 0 Å². The van der Waals surface area contributed by atoms with Crippen molar-refractivity contribution in [3.63, 3.8) is 0 Å². The second kappa shape index (κ2) is 6.07. The van der Waals surface area contributed by atoms with Crippen LogP contribution < -0.4 is 5.73 Å². The Bertz CT molecular complexity index is 563. The Hall–Kier alpha value is -0.850. The highest BCUT2D eigenvalue weighted by atomic mass is 35.5. The molecule has 1 aromatic rings. The maximum Gasteiger partial charge on any atom is 0.244 e. The molecular weight excluding hydrogens is 291 g/mol. The van der Waals surface area contributed by atoms with Gasteiger partial charge in [-0.3, -0.25) is 0 Å². The highest BCUT2D eigenvalue weighted by Gasteiger charge is 2.25. The molecule has 2 N–H and O–H groups in total. The van der Waals surface area contributed by atoms with Crippen molar-refractivity contribution in [3.8, 4) is 0 Å². The van der Waals surface area contributed by atoms with Crippen LogP contribution in [0.25, 0.3) is 0 Å². The van der Waals surface area contributed by atoms with E-state index in [1.807, 2.05) is 13.8 Å². The zero-order valence-electron chi connectivity index (χ0n) is 11.2. The van der Waals surface area contributed by atoms with E-state index in [4.69, 9.17) is 17.3 Å². The number of anilines is 1. The van der Waals surface area contributed by atoms with Crippen molar-refractivity contribution in [3.05, 3.63) is 23.0 Å². The zero-order valence-corrected chi connectivity index (χ0v) is 12.7. The van der Waals surface area contributed by atoms with Gasteiger partial charge in [-0.25, -0.2) is 17.1 Å². The van der Waals surface area contributed by atoms with Gasteiger partial charge < -0.3 is 5.73 Å². The molecule has 0 radical (unpaired) electrons. The minimum atomic E-state index is -3.76. The molecule has 7 heteroatoms. The first-order valence-electron chi connectivity index (χ1n) is 5.91. The first-order valence-corrected chi connectivity index (χ1v) is 7.72. The molecule has 1 rings (SSSR count). The molecule has 0 aromatic heterocycles. The maximum atomic E-state index is 13.2. The monoisotopic (exact) mass is 308 g/mol. The Balaban J connectivity index is 3.17. The minimum Gasteiger partial charge on any atom is -0.396 e. The van der Waals surface area contributed by atoms with Gasteiger partial charge in [0.2, 0.25) is 10.0 Å². The zero-order chi connectivity index (χ0) is 14.8. The van der Waals surface area contributed by atoms with Gasteiger partial charge in [-0.15, -0.1) is 0 Å². The summed E-state index contributed by atoms with van der Waals surface area (Å²) in [5.41, 5.74) is 5.16. The topological polar surface area (TPSA) is 63.4 Å². The summed E-state index contributed by atoms with van der Waals surface area (Å²) in [5, 5.41) is -0.164. The van der Waals surface area contributed by atoms with Gasteiger partial charge in [0, 0.05) is 13.6 Å². The molecule has 0 saturated carbocycles. The summed E-state index contributed by atoms with van der Waals surface area (Å²) in [6.45, 7) is 4.30. The summed E-state index contributed by atoms with van der Waals surface area (Å²) < 4.78 is 39.1. The molecule has 0 saturated heterocycles. The number of nitrogens with two attached hydrogens (primary N) is 1. The Labute approximate surface area is 118 Å². The van der Waals surface area contributed by atoms with Crippen molar-refractivity contribution in [2.24, 2.45) is 5.92 Å². The van der Waals surface area contributed by atoms with Crippen LogP contribution in [0.1, 0.15) is 20.3 Å². The van der Waals surface area contributed by atoms with E-state index in [-0.39, 0.29) is 21.5 Å². The van der Waals surface area contributed by atoms with Crippen molar-refractivity contribution in [2.45, 2.75) is 25.2 Å². The molecule has 0 aliphatic rings. The number of rotatable bonds is 5. The van der Waals surface area contributed by atoms with Gasteiger partial charge in [0.1, 0.15) is 10.7 Å². The fourth-order valence-electron chi connectivity index (χ4n) is 1.58. The van der Waals surface area contributed by atoms with Crippen LogP contribution >= 0.6 is 11.6 Å². The number of sulfonamides is 1. The third kappa shape index (κ3) is 3.58. The lowest BCUT2D eigenvalue weighted by atomic mass is 10.1. The SMILES string of the molecule is CCC(C)CN(C)S(=O)(=O)c1cc(N)c(F)cc1Cl. The summed E-state index contributed by atoms with van der Waals surface area (Å²) in [4.78, 5) is -0.168. The van der Waals surface area contributed by atoms with Crippen molar-refractivity contribution >= 4 is 27.3 Å². The van der Waals surface area contributed by atoms with Gasteiger partial charge in [0.15, 0.2) is 0 Å². The third-order valence-electron chi connectivity index (χ3n) is 3.01. The molecule has 0 spiro atoms. The van der Waals surface area contributed by atoms with Crippen molar-refractivity contribution < 1.29 is 12.8 Å². The van der Waals surface area contributed by atoms with Crippen molar-refractivity contribution in [2.75, 3.05) is 19.3 Å². The molecule has 1 atom stereocenters. The molecule has 4 nitrogen and oxygen atoms in total. The Morgan fingerprint density at radius 2 is 2.05 bits per heavy atom. The van der Waals surface area contributed by atoms with Gasteiger partial charge in [-0.1, -0.05) is 31.9 Å². The molecule has 0 heterocycles. The van der Waals surface area contributed by atoms with Crippen LogP contribution in [-0.4, -0.2) is 26.3 Å². The van der Waals surface area contributed by atoms with Crippen LogP contribution in [0.2, 0.25) is 5.02 Å². The largest absolute Gasteiger partial charge is 0.396 e. The maximum absolute atomic E-state index is 13.2. The number of nitrogen functional groups attached to an aromatic ring is 1. The van der Waals surface area contributed by atoms with E-state index in [9.17, 15) is 12.8 Å². The summed E-state index contributed by atoms with van der Waals surface area (Å²) in [6, 6.07) is 1.97. The van der Waals surface area contributed by atoms with Crippen molar-refractivity contribution in [1.82, 2.24) is 4.31 Å². The Morgan fingerprint density at radius 1 is 1.47 bits per heavy atom. The van der Waals surface area contributed by atoms with E-state index in [0.29, 0.717) is 6.54 Å². The van der Waals surface area contributed by atoms with Crippen LogP contribution in [0.15, 0.2) is 17.0 Å². The van der Waals surface area contributed by atoms with E-state index >= 15 is 0 Å². The van der Waals surface area contributed by atoms with Crippen LogP contribution in [0.4, 0.5) is 10.1 Å². The standard InChI is InChI=1S/C12H18ClFN2O2S/c1-4-8(2)7-16(3)19(17,18)12-6-11(15)10(14)5-9(12)13/h5-6,8H,4,7,15H2,1-3H3. The number of hydrogen-bond acceptors (Lipinski definition) is 3. The van der Waals surface area contributed by atoms with E-state index in [2.05, 4.69) is 0 Å². The van der Waals surface area contributed by atoms with E-state index in [1.165, 1.54) is 11.4 Å². The Kier molecular flexibility index (Phi) is 5.18. The number of halogens is 2. The molecule has 0 aliphatic heterocycles. The van der Waals surface area contributed by atoms with Crippen LogP contribution in [-0.2, 0) is 10.0 Å². The summed E-state index contributed by atoms with van der Waals surface area (Å²) >= 11 is 5.80. The van der Waals surface area contributed by atoms with Crippen molar-refractivity contribution in [1.29, 1.82) is 0 Å². The third-order valence-corrected chi connectivity index (χ3v) is 5.29. The first kappa shape index (κ1) is 16.2. The van der Waals surface area contributed by atoms with Crippen LogP contribution in [0, 0.1) is 11.7 Å². The van der Waals surface area contributed by atoms with Gasteiger partial charge in [0.05, 0.1) is 10.7 Å². The highest BCUT2D eigenvalue weighted by Crippen LogP contribution is 2.28. The molecule has 19 heavy (non-hydrogen) atoms. The molecule has 1 aromatic carbocycles. The summed E-state index contributed by atoms with van der Waals surface area (Å²) in [7, 11) is -2.29. The van der Waals surface area contributed by atoms with Gasteiger partial charge in [-0.2, -0.15) is 0 Å². The molecule has 0 fully saturated rings. The molecule has 0 aliphatic carbocycles. The second-order valence-corrected chi connectivity index (χ2v) is 7.02. The average molecular weight is 309 g/mol. The predicted octanol–water partition coefficient (Wildman–Crippen LogP) is 2.73. The van der Waals surface area contributed by atoms with Gasteiger partial charge >= 0.3 is 0 Å². The predicted molar refractivity (Wildman–Crippen MR) is 75.1 cm³/mol. The summed E-state index contributed by atoms with van der Waals surface area (Å²) in [6.07, 6.45) is 0.860. The van der Waals surface area contributed by atoms with Gasteiger partial charge in [-0.05, 0) is 18.1 Å². The molecule has 0 amide bonds. The quantitative estimate of drug-likeness (QED) is 0.851. The summed E-state index contributed by atoms with van der Waals surface area (Å²) in [5.74, 6) is -0.509. The normalized spacial score (nSPS) is 13.8. The first-order chi connectivity index (χ1) is 8.70. The van der Waals surface area contributed by atoms with E-state index < -0.39 is 15.8 Å². The van der Waals surface area contributed by atoms with Crippen LogP contribution in [0.5, 0.6) is 0 Å². The minimum absolute atomic E-state index is 0.164. The van der Waals surface area contributed by atoms with Gasteiger partial charge in [0.25, 0.3) is 0 Å². The van der Waals surface area contributed by atoms with E-state index in [1.54, 1.807) is 0 Å². The molecule has 108 valence electrons. The number of nitrogens with zero attached hydrogens (tertiary/aromatic N) is 1. The lowest BCUT2D eigenvalue weighted by Gasteiger charge is -2.21. The lowest BCUT2D eigenvalue weighted by molar-refractivity contribution is 0.393. The molecule has 1 unspecified atom stereocenters. The fourth-order valence-corrected chi connectivity index (χ4v) is 3.39. The average Bonchev–Trinajstić information content (AvgIpc) is 2.33. The fraction of sp³-hybridized carbons (Fsp3) is 0.500. The number of hydrogen-bond donors (Lipinski definition) is 1. The highest BCUT2D eigenvalue weighted by molar-refractivity contribution is 7.89. The lowest BCUT2D eigenvalue weighted by Crippen LogP contribution is -2.31. The molecular formula is C12H18ClFN2O2S. The molecule has 0 bridgehead atoms. The van der Waals surface area contributed by atoms with E-state index in [0.717, 1.165) is 18.6 Å². The Morgan fingerprint density at radius 3 is 2.58 bits per heavy atom. The smallest absolute Gasteiger partial charge is 0.244 e.